The van der Waals surface area contributed by atoms with Gasteiger partial charge in [-0.05, 0) is 27.3 Å². The summed E-state index contributed by atoms with van der Waals surface area (Å²) in [6.07, 6.45) is 1.26. The second-order valence-corrected chi connectivity index (χ2v) is 4.20. The Morgan fingerprint density at radius 1 is 1.44 bits per heavy atom. The molecular weight excluding hydrogens is 206 g/mol. The van der Waals surface area contributed by atoms with Crippen molar-refractivity contribution >= 4 is 0 Å². The Morgan fingerprint density at radius 2 is 2.12 bits per heavy atom. The molecule has 1 aromatic rings. The van der Waals surface area contributed by atoms with Gasteiger partial charge in [-0.1, -0.05) is 12.1 Å². The number of hydrogen-bond acceptors (Lipinski definition) is 5. The molecular formula is C11H21N3O2. The van der Waals surface area contributed by atoms with E-state index in [4.69, 9.17) is 4.52 Å². The Morgan fingerprint density at radius 3 is 2.62 bits per heavy atom. The number of nitrogens with zero attached hydrogens (tertiary/aromatic N) is 3. The highest BCUT2D eigenvalue weighted by molar-refractivity contribution is 4.91. The van der Waals surface area contributed by atoms with Gasteiger partial charge in [0.25, 0.3) is 0 Å². The van der Waals surface area contributed by atoms with E-state index in [1.54, 1.807) is 6.92 Å². The van der Waals surface area contributed by atoms with Crippen molar-refractivity contribution in [3.8, 4) is 0 Å². The maximum Gasteiger partial charge on any atom is 0.243 e. The molecule has 16 heavy (non-hydrogen) atoms. The van der Waals surface area contributed by atoms with Crippen LogP contribution in [0.5, 0.6) is 0 Å². The third kappa shape index (κ3) is 3.57. The molecule has 0 fully saturated rings. The van der Waals surface area contributed by atoms with Crippen LogP contribution in [-0.4, -0.2) is 39.8 Å². The molecule has 2 unspecified atom stereocenters. The summed E-state index contributed by atoms with van der Waals surface area (Å²) in [4.78, 5) is 6.39. The van der Waals surface area contributed by atoms with Gasteiger partial charge in [-0.25, -0.2) is 0 Å². The number of aryl methyl sites for hydroxylation is 1. The second-order valence-electron chi connectivity index (χ2n) is 4.20. The number of rotatable bonds is 6. The molecule has 1 N–H and O–H groups in total. The smallest absolute Gasteiger partial charge is 0.243 e. The summed E-state index contributed by atoms with van der Waals surface area (Å²) >= 11 is 0. The lowest BCUT2D eigenvalue weighted by atomic mass is 10.2. The molecule has 0 spiro atoms. The number of aliphatic hydroxyl groups is 1. The van der Waals surface area contributed by atoms with Gasteiger partial charge in [0, 0.05) is 13.0 Å². The van der Waals surface area contributed by atoms with Crippen molar-refractivity contribution in [3.63, 3.8) is 0 Å². The standard InChI is InChI=1S/C11H21N3O2/c1-5-10-12-11(16-13-10)9(3)14(4)7-6-8(2)15/h8-9,15H,5-7H2,1-4H3. The third-order valence-corrected chi connectivity index (χ3v) is 2.72. The van der Waals surface area contributed by atoms with E-state index in [0.717, 1.165) is 25.2 Å². The molecule has 1 aromatic heterocycles. The molecule has 0 saturated carbocycles. The van der Waals surface area contributed by atoms with Crippen LogP contribution in [0, 0.1) is 0 Å². The molecule has 0 aromatic carbocycles. The van der Waals surface area contributed by atoms with Gasteiger partial charge in [0.15, 0.2) is 5.82 Å². The fraction of sp³-hybridized carbons (Fsp3) is 0.818. The van der Waals surface area contributed by atoms with Gasteiger partial charge in [-0.15, -0.1) is 0 Å². The minimum absolute atomic E-state index is 0.0894. The Hall–Kier alpha value is -0.940. The van der Waals surface area contributed by atoms with Crippen molar-refractivity contribution in [3.05, 3.63) is 11.7 Å². The second kappa shape index (κ2) is 5.96. The quantitative estimate of drug-likeness (QED) is 0.795. The molecule has 0 amide bonds. The van der Waals surface area contributed by atoms with Gasteiger partial charge in [0.2, 0.25) is 5.89 Å². The van der Waals surface area contributed by atoms with E-state index in [-0.39, 0.29) is 12.1 Å². The predicted octanol–water partition coefficient (Wildman–Crippen LogP) is 1.40. The number of aromatic nitrogens is 2. The van der Waals surface area contributed by atoms with Crippen LogP contribution in [0.1, 0.15) is 44.9 Å². The highest BCUT2D eigenvalue weighted by Gasteiger charge is 2.18. The molecule has 0 aliphatic carbocycles. The molecule has 0 radical (unpaired) electrons. The van der Waals surface area contributed by atoms with E-state index < -0.39 is 0 Å². The van der Waals surface area contributed by atoms with Crippen molar-refractivity contribution < 1.29 is 9.63 Å². The van der Waals surface area contributed by atoms with Crippen LogP contribution in [-0.2, 0) is 6.42 Å². The highest BCUT2D eigenvalue weighted by atomic mass is 16.5. The fourth-order valence-corrected chi connectivity index (χ4v) is 1.35. The first-order valence-corrected chi connectivity index (χ1v) is 5.75. The lowest BCUT2D eigenvalue weighted by Gasteiger charge is -2.21. The summed E-state index contributed by atoms with van der Waals surface area (Å²) < 4.78 is 5.18. The maximum absolute atomic E-state index is 9.22. The van der Waals surface area contributed by atoms with E-state index in [0.29, 0.717) is 5.89 Å². The molecule has 1 heterocycles. The van der Waals surface area contributed by atoms with Crippen molar-refractivity contribution in [1.29, 1.82) is 0 Å². The zero-order valence-electron chi connectivity index (χ0n) is 10.5. The Kier molecular flexibility index (Phi) is 4.89. The summed E-state index contributed by atoms with van der Waals surface area (Å²) in [5.74, 6) is 1.38. The van der Waals surface area contributed by atoms with Crippen LogP contribution in [0.25, 0.3) is 0 Å². The summed E-state index contributed by atoms with van der Waals surface area (Å²) in [6.45, 7) is 6.62. The Bertz CT molecular complexity index is 312. The van der Waals surface area contributed by atoms with E-state index in [1.165, 1.54) is 0 Å². The normalized spacial score (nSPS) is 15.4. The zero-order chi connectivity index (χ0) is 12.1. The summed E-state index contributed by atoms with van der Waals surface area (Å²) in [5, 5.41) is 13.1. The molecule has 5 nitrogen and oxygen atoms in total. The first-order chi connectivity index (χ1) is 7.54. The van der Waals surface area contributed by atoms with Crippen molar-refractivity contribution in [1.82, 2.24) is 15.0 Å². The summed E-state index contributed by atoms with van der Waals surface area (Å²) in [5.41, 5.74) is 0. The first kappa shape index (κ1) is 13.1. The van der Waals surface area contributed by atoms with Gasteiger partial charge < -0.3 is 9.63 Å². The Labute approximate surface area is 96.5 Å². The zero-order valence-corrected chi connectivity index (χ0v) is 10.5. The van der Waals surface area contributed by atoms with Crippen LogP contribution in [0.4, 0.5) is 0 Å². The lowest BCUT2D eigenvalue weighted by molar-refractivity contribution is 0.143. The molecule has 5 heteroatoms. The summed E-state index contributed by atoms with van der Waals surface area (Å²) in [6, 6.07) is 0.0894. The van der Waals surface area contributed by atoms with Gasteiger partial charge in [-0.2, -0.15) is 4.98 Å². The van der Waals surface area contributed by atoms with Crippen molar-refractivity contribution in [2.45, 2.75) is 45.8 Å². The third-order valence-electron chi connectivity index (χ3n) is 2.72. The minimum atomic E-state index is -0.275. The van der Waals surface area contributed by atoms with Gasteiger partial charge in [0.05, 0.1) is 12.1 Å². The van der Waals surface area contributed by atoms with Crippen LogP contribution >= 0.6 is 0 Å². The van der Waals surface area contributed by atoms with Gasteiger partial charge in [0.1, 0.15) is 0 Å². The number of hydrogen-bond donors (Lipinski definition) is 1. The van der Waals surface area contributed by atoms with Crippen LogP contribution in [0.3, 0.4) is 0 Å². The Balaban J connectivity index is 2.52. The fourth-order valence-electron chi connectivity index (χ4n) is 1.35. The van der Waals surface area contributed by atoms with Gasteiger partial charge >= 0.3 is 0 Å². The van der Waals surface area contributed by atoms with Crippen molar-refractivity contribution in [2.24, 2.45) is 0 Å². The van der Waals surface area contributed by atoms with Crippen LogP contribution in [0.15, 0.2) is 4.52 Å². The van der Waals surface area contributed by atoms with E-state index in [1.807, 2.05) is 20.9 Å². The molecule has 92 valence electrons. The van der Waals surface area contributed by atoms with Crippen LogP contribution in [0.2, 0.25) is 0 Å². The average molecular weight is 227 g/mol. The highest BCUT2D eigenvalue weighted by Crippen LogP contribution is 2.17. The van der Waals surface area contributed by atoms with Gasteiger partial charge in [-0.3, -0.25) is 4.90 Å². The molecule has 2 atom stereocenters. The molecule has 0 aliphatic heterocycles. The monoisotopic (exact) mass is 227 g/mol. The van der Waals surface area contributed by atoms with E-state index in [2.05, 4.69) is 15.0 Å². The van der Waals surface area contributed by atoms with Crippen molar-refractivity contribution in [2.75, 3.05) is 13.6 Å². The number of aliphatic hydroxyl groups excluding tert-OH is 1. The topological polar surface area (TPSA) is 62.4 Å². The average Bonchev–Trinajstić information content (AvgIpc) is 2.73. The molecule has 0 saturated heterocycles. The largest absolute Gasteiger partial charge is 0.393 e. The van der Waals surface area contributed by atoms with E-state index in [9.17, 15) is 5.11 Å². The first-order valence-electron chi connectivity index (χ1n) is 5.75. The summed E-state index contributed by atoms with van der Waals surface area (Å²) in [7, 11) is 1.99. The maximum atomic E-state index is 9.22. The molecule has 0 bridgehead atoms. The molecule has 1 rings (SSSR count). The van der Waals surface area contributed by atoms with E-state index >= 15 is 0 Å². The predicted molar refractivity (Wildman–Crippen MR) is 61.0 cm³/mol. The van der Waals surface area contributed by atoms with Crippen LogP contribution < -0.4 is 0 Å². The lowest BCUT2D eigenvalue weighted by Crippen LogP contribution is -2.26. The minimum Gasteiger partial charge on any atom is -0.393 e. The molecule has 0 aliphatic rings. The SMILES string of the molecule is CCc1noc(C(C)N(C)CCC(C)O)n1.